The van der Waals surface area contributed by atoms with Gasteiger partial charge in [-0.2, -0.15) is 12.8 Å². The first-order valence-electron chi connectivity index (χ1n) is 10.3. The average molecular weight is 438 g/mol. The second-order valence-electron chi connectivity index (χ2n) is 6.75. The number of benzene rings is 1. The van der Waals surface area contributed by atoms with Crippen molar-refractivity contribution in [1.82, 2.24) is 0 Å². The van der Waals surface area contributed by atoms with Crippen molar-refractivity contribution in [2.45, 2.75) is 63.0 Å². The molecular formula is C22H31NO4S2. The zero-order valence-electron chi connectivity index (χ0n) is 17.3. The Morgan fingerprint density at radius 3 is 2.41 bits per heavy atom. The summed E-state index contributed by atoms with van der Waals surface area (Å²) in [6.45, 7) is 5.28. The lowest BCUT2D eigenvalue weighted by molar-refractivity contribution is 0.270. The minimum Gasteiger partial charge on any atom is -0.490 e. The van der Waals surface area contributed by atoms with Crippen LogP contribution in [0.25, 0.3) is 0 Å². The summed E-state index contributed by atoms with van der Waals surface area (Å²) in [7, 11) is -3.66. The summed E-state index contributed by atoms with van der Waals surface area (Å²) >= 11 is 1.15. The summed E-state index contributed by atoms with van der Waals surface area (Å²) in [5.41, 5.74) is 0.650. The number of rotatable bonds is 14. The van der Waals surface area contributed by atoms with Gasteiger partial charge in [0.05, 0.1) is 13.2 Å². The van der Waals surface area contributed by atoms with Crippen LogP contribution in [0.4, 0.5) is 0 Å². The Labute approximate surface area is 178 Å². The maximum Gasteiger partial charge on any atom is 0.291 e. The number of hydrogen-bond acceptors (Lipinski definition) is 5. The molecule has 0 saturated heterocycles. The van der Waals surface area contributed by atoms with E-state index in [9.17, 15) is 8.42 Å². The molecule has 160 valence electrons. The highest BCUT2D eigenvalue weighted by Crippen LogP contribution is 2.28. The number of ether oxygens (including phenoxy) is 2. The smallest absolute Gasteiger partial charge is 0.291 e. The molecule has 0 aliphatic carbocycles. The molecule has 0 fully saturated rings. The largest absolute Gasteiger partial charge is 0.490 e. The lowest BCUT2D eigenvalue weighted by atomic mass is 10.1. The molecule has 0 radical (unpaired) electrons. The minimum atomic E-state index is -3.66. The third kappa shape index (κ3) is 8.19. The molecule has 1 aromatic carbocycles. The molecular weight excluding hydrogens is 406 g/mol. The zero-order valence-corrected chi connectivity index (χ0v) is 18.9. The molecule has 0 saturated carbocycles. The Morgan fingerprint density at radius 1 is 0.966 bits per heavy atom. The fraction of sp³-hybridized carbons (Fsp3) is 0.500. The van der Waals surface area contributed by atoms with Gasteiger partial charge in [0.15, 0.2) is 11.5 Å². The van der Waals surface area contributed by atoms with Gasteiger partial charge in [0.2, 0.25) is 0 Å². The molecule has 1 aromatic heterocycles. The van der Waals surface area contributed by atoms with Crippen LogP contribution in [0.2, 0.25) is 0 Å². The van der Waals surface area contributed by atoms with E-state index in [2.05, 4.69) is 11.3 Å². The van der Waals surface area contributed by atoms with Crippen LogP contribution in [0.1, 0.15) is 64.4 Å². The van der Waals surface area contributed by atoms with Crippen LogP contribution in [0.15, 0.2) is 44.3 Å². The number of nitrogens with zero attached hydrogens (tertiary/aromatic N) is 1. The lowest BCUT2D eigenvalue weighted by Crippen LogP contribution is -2.02. The standard InChI is InChI=1S/C22H31NO4S2/c1-3-5-6-7-8-9-10-15-27-20-14-13-19(17-21(20)26-4-2)18-23-29(24,25)22-12-11-16-28-22/h11-14,16-18H,3-10,15H2,1-2H3/b23-18-. The van der Waals surface area contributed by atoms with E-state index in [0.29, 0.717) is 30.3 Å². The molecule has 0 atom stereocenters. The quantitative estimate of drug-likeness (QED) is 0.265. The Hall–Kier alpha value is -1.86. The van der Waals surface area contributed by atoms with Crippen molar-refractivity contribution >= 4 is 27.6 Å². The highest BCUT2D eigenvalue weighted by molar-refractivity contribution is 7.92. The van der Waals surface area contributed by atoms with E-state index in [0.717, 1.165) is 17.8 Å². The van der Waals surface area contributed by atoms with Crippen LogP contribution in [0, 0.1) is 0 Å². The summed E-state index contributed by atoms with van der Waals surface area (Å²) < 4.78 is 39.9. The molecule has 0 unspecified atom stereocenters. The van der Waals surface area contributed by atoms with E-state index in [1.54, 1.807) is 29.6 Å². The van der Waals surface area contributed by atoms with Crippen LogP contribution in [0.5, 0.6) is 11.5 Å². The van der Waals surface area contributed by atoms with Crippen LogP contribution < -0.4 is 9.47 Å². The second-order valence-corrected chi connectivity index (χ2v) is 9.56. The molecule has 0 bridgehead atoms. The van der Waals surface area contributed by atoms with Gasteiger partial charge in [-0.1, -0.05) is 51.5 Å². The van der Waals surface area contributed by atoms with Gasteiger partial charge in [0.25, 0.3) is 10.0 Å². The number of hydrogen-bond donors (Lipinski definition) is 0. The summed E-state index contributed by atoms with van der Waals surface area (Å²) in [5, 5.41) is 1.72. The van der Waals surface area contributed by atoms with E-state index in [4.69, 9.17) is 9.47 Å². The monoisotopic (exact) mass is 437 g/mol. The molecule has 0 amide bonds. The molecule has 1 heterocycles. The molecule has 7 heteroatoms. The van der Waals surface area contributed by atoms with Crippen LogP contribution in [-0.2, 0) is 10.0 Å². The van der Waals surface area contributed by atoms with Gasteiger partial charge in [0, 0.05) is 6.21 Å². The van der Waals surface area contributed by atoms with E-state index < -0.39 is 10.0 Å². The van der Waals surface area contributed by atoms with Crippen LogP contribution in [-0.4, -0.2) is 27.8 Å². The third-order valence-electron chi connectivity index (χ3n) is 4.36. The predicted octanol–water partition coefficient (Wildman–Crippen LogP) is 6.08. The number of sulfonamides is 1. The fourth-order valence-electron chi connectivity index (χ4n) is 2.83. The maximum atomic E-state index is 12.2. The lowest BCUT2D eigenvalue weighted by Gasteiger charge is -2.12. The summed E-state index contributed by atoms with van der Waals surface area (Å²) in [4.78, 5) is 0. The highest BCUT2D eigenvalue weighted by Gasteiger charge is 2.13. The van der Waals surface area contributed by atoms with Crippen molar-refractivity contribution in [3.05, 3.63) is 41.3 Å². The molecule has 0 aliphatic rings. The number of unbranched alkanes of at least 4 members (excludes halogenated alkanes) is 6. The predicted molar refractivity (Wildman–Crippen MR) is 120 cm³/mol. The first-order chi connectivity index (χ1) is 14.1. The molecule has 0 spiro atoms. The SMILES string of the molecule is CCCCCCCCCOc1ccc(/C=N\S(=O)(=O)c2cccs2)cc1OCC. The van der Waals surface area contributed by atoms with Crippen molar-refractivity contribution in [1.29, 1.82) is 0 Å². The molecule has 0 N–H and O–H groups in total. The molecule has 2 aromatic rings. The molecule has 29 heavy (non-hydrogen) atoms. The van der Waals surface area contributed by atoms with Crippen LogP contribution >= 0.6 is 11.3 Å². The van der Waals surface area contributed by atoms with Crippen molar-refractivity contribution < 1.29 is 17.9 Å². The summed E-state index contributed by atoms with van der Waals surface area (Å²) in [5.74, 6) is 1.28. The molecule has 0 aliphatic heterocycles. The Bertz CT molecular complexity index is 846. The Kier molecular flexibility index (Phi) is 10.2. The average Bonchev–Trinajstić information content (AvgIpc) is 3.26. The second kappa shape index (κ2) is 12.6. The van der Waals surface area contributed by atoms with Gasteiger partial charge >= 0.3 is 0 Å². The van der Waals surface area contributed by atoms with E-state index in [1.807, 2.05) is 13.0 Å². The third-order valence-corrected chi connectivity index (χ3v) is 6.97. The first kappa shape index (κ1) is 23.4. The highest BCUT2D eigenvalue weighted by atomic mass is 32.2. The van der Waals surface area contributed by atoms with Gasteiger partial charge < -0.3 is 9.47 Å². The molecule has 5 nitrogen and oxygen atoms in total. The fourth-order valence-corrected chi connectivity index (χ4v) is 4.67. The van der Waals surface area contributed by atoms with Crippen molar-refractivity contribution in [3.63, 3.8) is 0 Å². The van der Waals surface area contributed by atoms with Crippen LogP contribution in [0.3, 0.4) is 0 Å². The normalized spacial score (nSPS) is 11.8. The van der Waals surface area contributed by atoms with Gasteiger partial charge in [-0.3, -0.25) is 0 Å². The van der Waals surface area contributed by atoms with Gasteiger partial charge in [-0.25, -0.2) is 0 Å². The van der Waals surface area contributed by atoms with Gasteiger partial charge in [-0.05, 0) is 48.6 Å². The Morgan fingerprint density at radius 2 is 1.72 bits per heavy atom. The maximum absolute atomic E-state index is 12.2. The van der Waals surface area contributed by atoms with Gasteiger partial charge in [0.1, 0.15) is 4.21 Å². The summed E-state index contributed by atoms with van der Waals surface area (Å²) in [6.07, 6.45) is 9.96. The first-order valence-corrected chi connectivity index (χ1v) is 12.6. The summed E-state index contributed by atoms with van der Waals surface area (Å²) in [6, 6.07) is 8.60. The van der Waals surface area contributed by atoms with E-state index in [-0.39, 0.29) is 4.21 Å². The van der Waals surface area contributed by atoms with E-state index >= 15 is 0 Å². The zero-order chi connectivity index (χ0) is 21.0. The molecule has 2 rings (SSSR count). The number of thiophene rings is 1. The topological polar surface area (TPSA) is 65.0 Å². The van der Waals surface area contributed by atoms with E-state index in [1.165, 1.54) is 44.7 Å². The van der Waals surface area contributed by atoms with Crippen molar-refractivity contribution in [2.75, 3.05) is 13.2 Å². The van der Waals surface area contributed by atoms with Gasteiger partial charge in [-0.15, -0.1) is 11.3 Å². The van der Waals surface area contributed by atoms with Crippen molar-refractivity contribution in [3.8, 4) is 11.5 Å². The Balaban J connectivity index is 1.91. The minimum absolute atomic E-state index is 0.230. The van der Waals surface area contributed by atoms with Crippen molar-refractivity contribution in [2.24, 2.45) is 4.40 Å².